The van der Waals surface area contributed by atoms with Gasteiger partial charge in [-0.15, -0.1) is 0 Å². The summed E-state index contributed by atoms with van der Waals surface area (Å²) >= 11 is 0. The van der Waals surface area contributed by atoms with E-state index in [4.69, 9.17) is 5.84 Å². The number of carbonyl (C=O) groups excluding carboxylic acids is 1. The van der Waals surface area contributed by atoms with E-state index in [0.29, 0.717) is 6.07 Å². The van der Waals surface area contributed by atoms with E-state index in [2.05, 4.69) is 5.32 Å². The summed E-state index contributed by atoms with van der Waals surface area (Å²) in [6, 6.07) is 1.20. The quantitative estimate of drug-likeness (QED) is 0.299. The smallest absolute Gasteiger partial charge is 0.274 e. The zero-order valence-corrected chi connectivity index (χ0v) is 11.5. The molecule has 0 saturated carbocycles. The molecule has 0 bridgehead atoms. The van der Waals surface area contributed by atoms with Crippen molar-refractivity contribution < 1.29 is 22.5 Å². The molecule has 1 aromatic rings. The number of hydrazine groups is 1. The molecule has 1 rings (SSSR count). The van der Waals surface area contributed by atoms with Gasteiger partial charge in [0.05, 0.1) is 23.2 Å². The molecule has 0 aliphatic heterocycles. The lowest BCUT2D eigenvalue weighted by atomic mass is 10.3. The number of nitro benzene ring substituents is 1. The molecular weight excluding hydrogens is 309 g/mol. The van der Waals surface area contributed by atoms with E-state index in [9.17, 15) is 27.7 Å². The molecule has 0 aromatic heterocycles. The number of halogens is 1. The van der Waals surface area contributed by atoms with Crippen LogP contribution in [0.3, 0.4) is 0 Å². The monoisotopic (exact) mass is 321 g/mol. The Morgan fingerprint density at radius 3 is 2.57 bits per heavy atom. The van der Waals surface area contributed by atoms with Crippen LogP contribution < -0.4 is 21.3 Å². The van der Waals surface area contributed by atoms with Gasteiger partial charge in [0.15, 0.2) is 5.82 Å². The maximum absolute atomic E-state index is 13.8. The summed E-state index contributed by atoms with van der Waals surface area (Å²) in [4.78, 5) is 19.8. The molecule has 0 fully saturated rings. The van der Waals surface area contributed by atoms with Crippen molar-refractivity contribution >= 4 is 27.3 Å². The number of hydrogen-bond acceptors (Lipinski definition) is 7. The maximum Gasteiger partial charge on any atom is 0.274 e. The van der Waals surface area contributed by atoms with Gasteiger partial charge in [-0.1, -0.05) is 0 Å². The molecule has 0 spiro atoms. The van der Waals surface area contributed by atoms with Crippen LogP contribution in [0.4, 0.5) is 15.8 Å². The molecule has 10 nitrogen and oxygen atoms in total. The van der Waals surface area contributed by atoms with Crippen molar-refractivity contribution in [2.24, 2.45) is 5.84 Å². The second-order valence-corrected chi connectivity index (χ2v) is 5.41. The minimum Gasteiger partial charge on any atom is -0.358 e. The van der Waals surface area contributed by atoms with Crippen LogP contribution in [0.25, 0.3) is 0 Å². The lowest BCUT2D eigenvalue weighted by molar-refractivity contribution is -0.385. The van der Waals surface area contributed by atoms with Crippen LogP contribution >= 0.6 is 0 Å². The van der Waals surface area contributed by atoms with Crippen molar-refractivity contribution in [2.45, 2.75) is 4.90 Å². The second kappa shape index (κ2) is 6.43. The second-order valence-electron chi connectivity index (χ2n) is 3.70. The van der Waals surface area contributed by atoms with E-state index in [1.165, 1.54) is 7.05 Å². The lowest BCUT2D eigenvalue weighted by Gasteiger charge is -2.11. The fourth-order valence-electron chi connectivity index (χ4n) is 1.39. The molecule has 12 heteroatoms. The van der Waals surface area contributed by atoms with Crippen molar-refractivity contribution in [1.82, 2.24) is 10.0 Å². The third-order valence-electron chi connectivity index (χ3n) is 2.37. The third kappa shape index (κ3) is 3.84. The van der Waals surface area contributed by atoms with Crippen LogP contribution in [0.15, 0.2) is 17.0 Å². The molecule has 0 aliphatic carbocycles. The van der Waals surface area contributed by atoms with Crippen molar-refractivity contribution in [3.05, 3.63) is 28.1 Å². The number of non-ortho nitro benzene ring substituents is 1. The predicted molar refractivity (Wildman–Crippen MR) is 70.1 cm³/mol. The summed E-state index contributed by atoms with van der Waals surface area (Å²) in [5.74, 6) is 3.03. The fraction of sp³-hybridized carbons (Fsp3) is 0.222. The van der Waals surface area contributed by atoms with Gasteiger partial charge in [-0.05, 0) is 0 Å². The zero-order chi connectivity index (χ0) is 16.2. The number of amides is 1. The number of hydrogen-bond donors (Lipinski definition) is 4. The fourth-order valence-corrected chi connectivity index (χ4v) is 2.57. The average Bonchev–Trinajstić information content (AvgIpc) is 2.43. The van der Waals surface area contributed by atoms with Crippen molar-refractivity contribution in [3.8, 4) is 0 Å². The van der Waals surface area contributed by atoms with Gasteiger partial charge in [-0.2, -0.15) is 0 Å². The van der Waals surface area contributed by atoms with Crippen LogP contribution in [0.1, 0.15) is 0 Å². The SMILES string of the molecule is CNC(=O)CNS(=O)(=O)c1c(F)cc([N+](=O)[O-])cc1NN. The summed E-state index contributed by atoms with van der Waals surface area (Å²) in [5, 5.41) is 12.8. The Morgan fingerprint density at radius 1 is 1.48 bits per heavy atom. The van der Waals surface area contributed by atoms with Crippen molar-refractivity contribution in [1.29, 1.82) is 0 Å². The Bertz CT molecular complexity index is 677. The Hall–Kier alpha value is -2.31. The van der Waals surface area contributed by atoms with E-state index in [-0.39, 0.29) is 0 Å². The molecule has 0 heterocycles. The van der Waals surface area contributed by atoms with Crippen LogP contribution in [-0.2, 0) is 14.8 Å². The van der Waals surface area contributed by atoms with E-state index in [1.807, 2.05) is 10.1 Å². The number of nitrogens with one attached hydrogen (secondary N) is 3. The first-order chi connectivity index (χ1) is 9.72. The molecule has 0 aliphatic rings. The first-order valence-electron chi connectivity index (χ1n) is 5.37. The highest BCUT2D eigenvalue weighted by molar-refractivity contribution is 7.89. The normalized spacial score (nSPS) is 11.0. The largest absolute Gasteiger partial charge is 0.358 e. The number of carbonyl (C=O) groups is 1. The summed E-state index contributed by atoms with van der Waals surface area (Å²) in [6.45, 7) is -0.626. The number of sulfonamides is 1. The summed E-state index contributed by atoms with van der Waals surface area (Å²) < 4.78 is 39.6. The molecule has 1 amide bonds. The predicted octanol–water partition coefficient (Wildman–Crippen LogP) is -0.956. The van der Waals surface area contributed by atoms with Crippen LogP contribution in [0, 0.1) is 15.9 Å². The Balaban J connectivity index is 3.28. The number of nitrogens with zero attached hydrogens (tertiary/aromatic N) is 1. The van der Waals surface area contributed by atoms with Crippen molar-refractivity contribution in [2.75, 3.05) is 19.0 Å². The van der Waals surface area contributed by atoms with Gasteiger partial charge in [0.2, 0.25) is 15.9 Å². The lowest BCUT2D eigenvalue weighted by Crippen LogP contribution is -2.36. The maximum atomic E-state index is 13.8. The van der Waals surface area contributed by atoms with E-state index >= 15 is 0 Å². The Morgan fingerprint density at radius 2 is 2.10 bits per heavy atom. The molecule has 0 atom stereocenters. The molecule has 116 valence electrons. The van der Waals surface area contributed by atoms with E-state index in [0.717, 1.165) is 6.07 Å². The minimum absolute atomic E-state index is 0.440. The summed E-state index contributed by atoms with van der Waals surface area (Å²) in [6.07, 6.45) is 0. The molecular formula is C9H12FN5O5S. The minimum atomic E-state index is -4.43. The molecule has 0 radical (unpaired) electrons. The number of anilines is 1. The van der Waals surface area contributed by atoms with E-state index < -0.39 is 49.5 Å². The number of nitrogen functional groups attached to an aromatic ring is 1. The van der Waals surface area contributed by atoms with E-state index in [1.54, 1.807) is 0 Å². The first kappa shape index (κ1) is 16.7. The van der Waals surface area contributed by atoms with Gasteiger partial charge in [-0.3, -0.25) is 20.8 Å². The number of nitro groups is 1. The number of likely N-dealkylation sites (N-methyl/N-ethyl adjacent to an activating group) is 1. The topological polar surface area (TPSA) is 156 Å². The van der Waals surface area contributed by atoms with Crippen LogP contribution in [0.2, 0.25) is 0 Å². The highest BCUT2D eigenvalue weighted by Gasteiger charge is 2.27. The highest BCUT2D eigenvalue weighted by Crippen LogP contribution is 2.28. The standard InChI is InChI=1S/C9H12FN5O5S/c1-12-8(16)4-13-21(19,20)9-6(10)2-5(15(17)18)3-7(9)14-11/h2-3,13-14H,4,11H2,1H3,(H,12,16). The highest BCUT2D eigenvalue weighted by atomic mass is 32.2. The van der Waals surface area contributed by atoms with Gasteiger partial charge in [0.25, 0.3) is 5.69 Å². The molecule has 0 saturated heterocycles. The number of nitrogens with two attached hydrogens (primary N) is 1. The van der Waals surface area contributed by atoms with Gasteiger partial charge >= 0.3 is 0 Å². The van der Waals surface area contributed by atoms with Gasteiger partial charge < -0.3 is 10.7 Å². The summed E-state index contributed by atoms with van der Waals surface area (Å²) in [5.41, 5.74) is 0.692. The third-order valence-corrected chi connectivity index (χ3v) is 3.84. The van der Waals surface area contributed by atoms with Crippen LogP contribution in [-0.4, -0.2) is 32.8 Å². The summed E-state index contributed by atoms with van der Waals surface area (Å²) in [7, 11) is -3.14. The van der Waals surface area contributed by atoms with Gasteiger partial charge in [0, 0.05) is 13.1 Å². The first-order valence-corrected chi connectivity index (χ1v) is 6.86. The zero-order valence-electron chi connectivity index (χ0n) is 10.7. The van der Waals surface area contributed by atoms with Crippen LogP contribution in [0.5, 0.6) is 0 Å². The average molecular weight is 321 g/mol. The van der Waals surface area contributed by atoms with Crippen molar-refractivity contribution in [3.63, 3.8) is 0 Å². The molecule has 0 unspecified atom stereocenters. The molecule has 5 N–H and O–H groups in total. The molecule has 1 aromatic carbocycles. The Labute approximate surface area is 118 Å². The van der Waals surface area contributed by atoms with Gasteiger partial charge in [0.1, 0.15) is 4.90 Å². The number of rotatable bonds is 6. The molecule has 21 heavy (non-hydrogen) atoms. The Kier molecular flexibility index (Phi) is 5.12. The number of benzene rings is 1. The van der Waals surface area contributed by atoms with Gasteiger partial charge in [-0.25, -0.2) is 17.5 Å².